The van der Waals surface area contributed by atoms with Gasteiger partial charge in [0.15, 0.2) is 10.9 Å². The summed E-state index contributed by atoms with van der Waals surface area (Å²) in [6.07, 6.45) is 4.02. The lowest BCUT2D eigenvalue weighted by molar-refractivity contribution is 0.636. The van der Waals surface area contributed by atoms with Gasteiger partial charge < -0.3 is 18.3 Å². The summed E-state index contributed by atoms with van der Waals surface area (Å²) in [4.78, 5) is 28.5. The summed E-state index contributed by atoms with van der Waals surface area (Å²) in [5, 5.41) is 2.61. The van der Waals surface area contributed by atoms with E-state index in [4.69, 9.17) is 0 Å². The van der Waals surface area contributed by atoms with E-state index in [9.17, 15) is 9.59 Å². The first-order valence-electron chi connectivity index (χ1n) is 14.5. The Morgan fingerprint density at radius 3 is 1.21 bits per heavy atom. The molecular formula is C36H34N4O2. The van der Waals surface area contributed by atoms with Crippen LogP contribution in [0.5, 0.6) is 0 Å². The Kier molecular flexibility index (Phi) is 5.80. The van der Waals surface area contributed by atoms with Gasteiger partial charge in [-0.3, -0.25) is 9.59 Å². The summed E-state index contributed by atoms with van der Waals surface area (Å²) >= 11 is 0. The van der Waals surface area contributed by atoms with Crippen LogP contribution in [-0.4, -0.2) is 18.3 Å². The lowest BCUT2D eigenvalue weighted by atomic mass is 10.00. The standard InChI is InChI=1S/C36H34N4O2/c1-21(2)39-31-13-11-23(29-9-7-15-37(29)5)17-25(31)35(41)27-20-34-28(19-33(27)39)36(42)26-18-24(30-10-8-16-38(30)6)12-14-32(26)40(34)22(3)4/h7-22H,1-6H3. The van der Waals surface area contributed by atoms with Crippen molar-refractivity contribution >= 4 is 43.6 Å². The molecule has 0 N–H and O–H groups in total. The highest BCUT2D eigenvalue weighted by Crippen LogP contribution is 2.33. The lowest BCUT2D eigenvalue weighted by Gasteiger charge is -2.22. The third-order valence-corrected chi connectivity index (χ3v) is 8.64. The van der Waals surface area contributed by atoms with Crippen molar-refractivity contribution in [1.29, 1.82) is 0 Å². The Morgan fingerprint density at radius 1 is 0.500 bits per heavy atom. The van der Waals surface area contributed by atoms with Crippen molar-refractivity contribution in [2.75, 3.05) is 0 Å². The van der Waals surface area contributed by atoms with Crippen molar-refractivity contribution in [3.63, 3.8) is 0 Å². The quantitative estimate of drug-likeness (QED) is 0.209. The highest BCUT2D eigenvalue weighted by Gasteiger charge is 2.20. The monoisotopic (exact) mass is 554 g/mol. The first-order chi connectivity index (χ1) is 20.2. The van der Waals surface area contributed by atoms with E-state index >= 15 is 0 Å². The zero-order valence-electron chi connectivity index (χ0n) is 24.8. The largest absolute Gasteiger partial charge is 0.351 e. The van der Waals surface area contributed by atoms with E-state index in [0.717, 1.165) is 44.6 Å². The number of nitrogens with zero attached hydrogens (tertiary/aromatic N) is 4. The Hall–Kier alpha value is -4.84. The molecule has 0 unspecified atom stereocenters. The molecule has 0 saturated heterocycles. The van der Waals surface area contributed by atoms with E-state index in [1.807, 2.05) is 75.0 Å². The van der Waals surface area contributed by atoms with Crippen molar-refractivity contribution < 1.29 is 0 Å². The average molecular weight is 555 g/mol. The van der Waals surface area contributed by atoms with Crippen molar-refractivity contribution in [2.45, 2.75) is 39.8 Å². The van der Waals surface area contributed by atoms with Gasteiger partial charge in [0, 0.05) is 71.5 Å². The minimum absolute atomic E-state index is 0.0169. The molecule has 210 valence electrons. The molecule has 0 spiro atoms. The van der Waals surface area contributed by atoms with E-state index in [1.54, 1.807) is 0 Å². The smallest absolute Gasteiger partial charge is 0.197 e. The van der Waals surface area contributed by atoms with Crippen LogP contribution in [0.4, 0.5) is 0 Å². The zero-order valence-corrected chi connectivity index (χ0v) is 24.8. The van der Waals surface area contributed by atoms with Gasteiger partial charge in [-0.25, -0.2) is 0 Å². The van der Waals surface area contributed by atoms with E-state index in [-0.39, 0.29) is 22.9 Å². The van der Waals surface area contributed by atoms with E-state index in [1.165, 1.54) is 0 Å². The lowest BCUT2D eigenvalue weighted by Crippen LogP contribution is -2.17. The van der Waals surface area contributed by atoms with Crippen LogP contribution < -0.4 is 10.9 Å². The Labute approximate surface area is 243 Å². The molecule has 0 amide bonds. The summed E-state index contributed by atoms with van der Waals surface area (Å²) in [5.41, 5.74) is 7.39. The maximum atomic E-state index is 14.2. The average Bonchev–Trinajstić information content (AvgIpc) is 3.60. The second-order valence-electron chi connectivity index (χ2n) is 11.9. The molecule has 7 aromatic rings. The fraction of sp³-hybridized carbons (Fsp3) is 0.222. The summed E-state index contributed by atoms with van der Waals surface area (Å²) in [5.74, 6) is 0. The number of aryl methyl sites for hydroxylation is 2. The fourth-order valence-electron chi connectivity index (χ4n) is 6.70. The summed E-state index contributed by atoms with van der Waals surface area (Å²) < 4.78 is 8.52. The first-order valence-corrected chi connectivity index (χ1v) is 14.5. The van der Waals surface area contributed by atoms with Gasteiger partial charge in [0.25, 0.3) is 0 Å². The SMILES string of the molecule is CC(C)n1c2ccc(-c3cccn3C)cc2c(=O)c2cc3c(cc21)c(=O)c1cc(-c2cccn2C)ccc1n3C(C)C. The van der Waals surface area contributed by atoms with Crippen LogP contribution in [0.2, 0.25) is 0 Å². The number of rotatable bonds is 4. The minimum Gasteiger partial charge on any atom is -0.351 e. The van der Waals surface area contributed by atoms with Crippen LogP contribution in [0.3, 0.4) is 0 Å². The first kappa shape index (κ1) is 26.1. The highest BCUT2D eigenvalue weighted by molar-refractivity contribution is 6.04. The number of hydrogen-bond acceptors (Lipinski definition) is 2. The molecule has 0 aliphatic rings. The third-order valence-electron chi connectivity index (χ3n) is 8.64. The van der Waals surface area contributed by atoms with Crippen molar-refractivity contribution in [1.82, 2.24) is 18.3 Å². The van der Waals surface area contributed by atoms with Gasteiger partial charge in [0.1, 0.15) is 0 Å². The molecule has 3 aromatic carbocycles. The second kappa shape index (κ2) is 9.35. The molecule has 0 radical (unpaired) electrons. The van der Waals surface area contributed by atoms with Gasteiger partial charge in [-0.15, -0.1) is 0 Å². The molecule has 7 rings (SSSR count). The molecule has 42 heavy (non-hydrogen) atoms. The van der Waals surface area contributed by atoms with Crippen LogP contribution in [0.1, 0.15) is 39.8 Å². The number of pyridine rings is 2. The van der Waals surface area contributed by atoms with Crippen molar-refractivity contribution in [2.24, 2.45) is 14.1 Å². The van der Waals surface area contributed by atoms with Crippen molar-refractivity contribution in [3.8, 4) is 22.5 Å². The predicted octanol–water partition coefficient (Wildman–Crippen LogP) is 7.80. The highest BCUT2D eigenvalue weighted by atomic mass is 16.1. The Morgan fingerprint density at radius 2 is 0.881 bits per heavy atom. The fourth-order valence-corrected chi connectivity index (χ4v) is 6.70. The molecule has 6 nitrogen and oxygen atoms in total. The van der Waals surface area contributed by atoms with Crippen LogP contribution >= 0.6 is 0 Å². The molecule has 4 aromatic heterocycles. The second-order valence-corrected chi connectivity index (χ2v) is 11.9. The summed E-state index contributed by atoms with van der Waals surface area (Å²) in [7, 11) is 4.02. The summed E-state index contributed by atoms with van der Waals surface area (Å²) in [6, 6.07) is 24.5. The number of aromatic nitrogens is 4. The topological polar surface area (TPSA) is 53.9 Å². The zero-order chi connectivity index (χ0) is 29.4. The van der Waals surface area contributed by atoms with Crippen molar-refractivity contribution in [3.05, 3.63) is 106 Å². The van der Waals surface area contributed by atoms with Gasteiger partial charge in [-0.1, -0.05) is 12.1 Å². The molecule has 0 saturated carbocycles. The molecule has 0 aliphatic heterocycles. The minimum atomic E-state index is -0.0169. The van der Waals surface area contributed by atoms with Gasteiger partial charge in [-0.2, -0.15) is 0 Å². The van der Waals surface area contributed by atoms with Crippen LogP contribution in [0.25, 0.3) is 66.1 Å². The maximum absolute atomic E-state index is 14.2. The van der Waals surface area contributed by atoms with E-state index in [0.29, 0.717) is 21.5 Å². The van der Waals surface area contributed by atoms with Crippen LogP contribution in [0.15, 0.2) is 94.8 Å². The third kappa shape index (κ3) is 3.71. The molecule has 0 bridgehead atoms. The molecule has 0 atom stereocenters. The number of benzene rings is 3. The summed E-state index contributed by atoms with van der Waals surface area (Å²) in [6.45, 7) is 8.49. The van der Waals surface area contributed by atoms with Gasteiger partial charge in [-0.05, 0) is 99.5 Å². The van der Waals surface area contributed by atoms with E-state index in [2.05, 4.69) is 70.2 Å². The number of fused-ring (bicyclic) bond motifs is 4. The van der Waals surface area contributed by atoms with Gasteiger partial charge in [0.05, 0.1) is 22.1 Å². The van der Waals surface area contributed by atoms with Crippen LogP contribution in [-0.2, 0) is 14.1 Å². The van der Waals surface area contributed by atoms with E-state index < -0.39 is 0 Å². The van der Waals surface area contributed by atoms with Gasteiger partial charge in [0.2, 0.25) is 0 Å². The normalized spacial score (nSPS) is 12.2. The molecule has 0 fully saturated rings. The molecular weight excluding hydrogens is 520 g/mol. The Balaban J connectivity index is 1.62. The Bertz CT molecular complexity index is 2160. The molecule has 6 heteroatoms. The predicted molar refractivity (Wildman–Crippen MR) is 175 cm³/mol. The molecule has 0 aliphatic carbocycles. The maximum Gasteiger partial charge on any atom is 0.197 e. The van der Waals surface area contributed by atoms with Gasteiger partial charge >= 0.3 is 0 Å². The molecule has 4 heterocycles. The van der Waals surface area contributed by atoms with Crippen LogP contribution in [0, 0.1) is 0 Å². The number of hydrogen-bond donors (Lipinski definition) is 0.